The van der Waals surface area contributed by atoms with Crippen molar-refractivity contribution in [3.8, 4) is 0 Å². The predicted octanol–water partition coefficient (Wildman–Crippen LogP) is 4.59. The van der Waals surface area contributed by atoms with Gasteiger partial charge in [-0.05, 0) is 57.0 Å². The summed E-state index contributed by atoms with van der Waals surface area (Å²) in [5.74, 6) is 1.77. The normalized spacial score (nSPS) is 27.0. The molecule has 1 fully saturated rings. The molecule has 0 aliphatic heterocycles. The molecule has 0 aromatic rings. The standard InChI is InChI=1S/C15H30ClN/c1-3-5-6-13(4-2)11-17-12-14-7-9-15(16)10-8-14/h13-15,17H,3-12H2,1-2H3. The van der Waals surface area contributed by atoms with Gasteiger partial charge in [-0.15, -0.1) is 11.6 Å². The van der Waals surface area contributed by atoms with Gasteiger partial charge in [-0.25, -0.2) is 0 Å². The maximum atomic E-state index is 6.13. The van der Waals surface area contributed by atoms with Crippen molar-refractivity contribution in [3.63, 3.8) is 0 Å². The van der Waals surface area contributed by atoms with Crippen molar-refractivity contribution in [1.29, 1.82) is 0 Å². The fourth-order valence-corrected chi connectivity index (χ4v) is 3.01. The first-order chi connectivity index (χ1) is 8.26. The van der Waals surface area contributed by atoms with E-state index in [4.69, 9.17) is 11.6 Å². The Labute approximate surface area is 113 Å². The number of rotatable bonds is 8. The van der Waals surface area contributed by atoms with Gasteiger partial charge in [0.15, 0.2) is 0 Å². The van der Waals surface area contributed by atoms with Gasteiger partial charge in [0.05, 0.1) is 0 Å². The second kappa shape index (κ2) is 9.22. The first-order valence-corrected chi connectivity index (χ1v) is 8.04. The first kappa shape index (κ1) is 15.3. The SMILES string of the molecule is CCCCC(CC)CNCC1CCC(Cl)CC1. The lowest BCUT2D eigenvalue weighted by atomic mass is 9.88. The number of alkyl halides is 1. The fourth-order valence-electron chi connectivity index (χ4n) is 2.76. The number of unbranched alkanes of at least 4 members (excludes halogenated alkanes) is 1. The smallest absolute Gasteiger partial charge is 0.0336 e. The summed E-state index contributed by atoms with van der Waals surface area (Å²) < 4.78 is 0. The Hall–Kier alpha value is 0.250. The third kappa shape index (κ3) is 6.67. The maximum absolute atomic E-state index is 6.13. The van der Waals surface area contributed by atoms with Crippen molar-refractivity contribution in [2.24, 2.45) is 11.8 Å². The molecule has 1 rings (SSSR count). The summed E-state index contributed by atoms with van der Waals surface area (Å²) in [6.45, 7) is 7.04. The summed E-state index contributed by atoms with van der Waals surface area (Å²) in [5, 5.41) is 4.14. The van der Waals surface area contributed by atoms with Crippen molar-refractivity contribution in [1.82, 2.24) is 5.32 Å². The fraction of sp³-hybridized carbons (Fsp3) is 1.00. The van der Waals surface area contributed by atoms with Crippen LogP contribution in [0.1, 0.15) is 65.2 Å². The highest BCUT2D eigenvalue weighted by Crippen LogP contribution is 2.27. The maximum Gasteiger partial charge on any atom is 0.0336 e. The van der Waals surface area contributed by atoms with Crippen LogP contribution in [0.2, 0.25) is 0 Å². The molecule has 0 saturated heterocycles. The van der Waals surface area contributed by atoms with Gasteiger partial charge in [-0.3, -0.25) is 0 Å². The molecule has 1 aliphatic carbocycles. The molecule has 0 aromatic heterocycles. The minimum absolute atomic E-state index is 0.458. The molecule has 0 radical (unpaired) electrons. The molecule has 0 spiro atoms. The van der Waals surface area contributed by atoms with E-state index >= 15 is 0 Å². The zero-order valence-corrected chi connectivity index (χ0v) is 12.4. The van der Waals surface area contributed by atoms with E-state index in [0.29, 0.717) is 5.38 Å². The van der Waals surface area contributed by atoms with Crippen LogP contribution in [0.3, 0.4) is 0 Å². The summed E-state index contributed by atoms with van der Waals surface area (Å²) in [6, 6.07) is 0. The monoisotopic (exact) mass is 259 g/mol. The molecule has 1 unspecified atom stereocenters. The van der Waals surface area contributed by atoms with Crippen LogP contribution < -0.4 is 5.32 Å². The van der Waals surface area contributed by atoms with Gasteiger partial charge in [0.25, 0.3) is 0 Å². The second-order valence-corrected chi connectivity index (χ2v) is 6.31. The first-order valence-electron chi connectivity index (χ1n) is 7.61. The topological polar surface area (TPSA) is 12.0 Å². The van der Waals surface area contributed by atoms with Gasteiger partial charge in [-0.1, -0.05) is 33.1 Å². The van der Waals surface area contributed by atoms with Crippen LogP contribution in [0.15, 0.2) is 0 Å². The van der Waals surface area contributed by atoms with Gasteiger partial charge in [-0.2, -0.15) is 0 Å². The highest BCUT2D eigenvalue weighted by molar-refractivity contribution is 6.20. The largest absolute Gasteiger partial charge is 0.316 e. The van der Waals surface area contributed by atoms with Crippen LogP contribution in [0, 0.1) is 11.8 Å². The van der Waals surface area contributed by atoms with E-state index in [-0.39, 0.29) is 0 Å². The van der Waals surface area contributed by atoms with E-state index < -0.39 is 0 Å². The molecule has 1 N–H and O–H groups in total. The average molecular weight is 260 g/mol. The summed E-state index contributed by atoms with van der Waals surface area (Å²) >= 11 is 6.13. The van der Waals surface area contributed by atoms with E-state index in [0.717, 1.165) is 11.8 Å². The Balaban J connectivity index is 2.05. The molecule has 0 aromatic carbocycles. The molecule has 1 nitrogen and oxygen atoms in total. The Morgan fingerprint density at radius 3 is 2.47 bits per heavy atom. The van der Waals surface area contributed by atoms with Crippen LogP contribution in [-0.2, 0) is 0 Å². The lowest BCUT2D eigenvalue weighted by Gasteiger charge is -2.26. The quantitative estimate of drug-likeness (QED) is 0.629. The molecular weight excluding hydrogens is 230 g/mol. The predicted molar refractivity (Wildman–Crippen MR) is 77.8 cm³/mol. The van der Waals surface area contributed by atoms with Crippen LogP contribution >= 0.6 is 11.6 Å². The van der Waals surface area contributed by atoms with Crippen LogP contribution in [0.5, 0.6) is 0 Å². The molecule has 1 aliphatic rings. The Kier molecular flexibility index (Phi) is 8.30. The van der Waals surface area contributed by atoms with Crippen molar-refractivity contribution in [3.05, 3.63) is 0 Å². The summed E-state index contributed by atoms with van der Waals surface area (Å²) in [7, 11) is 0. The lowest BCUT2D eigenvalue weighted by molar-refractivity contribution is 0.328. The Bertz CT molecular complexity index is 171. The lowest BCUT2D eigenvalue weighted by Crippen LogP contribution is -2.30. The summed E-state index contributed by atoms with van der Waals surface area (Å²) in [4.78, 5) is 0. The summed E-state index contributed by atoms with van der Waals surface area (Å²) in [5.41, 5.74) is 0. The molecule has 0 bridgehead atoms. The molecule has 1 atom stereocenters. The third-order valence-electron chi connectivity index (χ3n) is 4.19. The third-order valence-corrected chi connectivity index (χ3v) is 4.62. The van der Waals surface area contributed by atoms with Gasteiger partial charge in [0.1, 0.15) is 0 Å². The minimum Gasteiger partial charge on any atom is -0.316 e. The van der Waals surface area contributed by atoms with E-state index in [2.05, 4.69) is 19.2 Å². The molecule has 102 valence electrons. The molecule has 0 heterocycles. The van der Waals surface area contributed by atoms with Gasteiger partial charge in [0, 0.05) is 5.38 Å². The number of hydrogen-bond acceptors (Lipinski definition) is 1. The Morgan fingerprint density at radius 1 is 1.18 bits per heavy atom. The molecule has 17 heavy (non-hydrogen) atoms. The van der Waals surface area contributed by atoms with Crippen molar-refractivity contribution in [2.75, 3.05) is 13.1 Å². The van der Waals surface area contributed by atoms with E-state index in [1.165, 1.54) is 64.5 Å². The van der Waals surface area contributed by atoms with Crippen LogP contribution in [0.25, 0.3) is 0 Å². The van der Waals surface area contributed by atoms with Crippen molar-refractivity contribution >= 4 is 11.6 Å². The van der Waals surface area contributed by atoms with Crippen LogP contribution in [-0.4, -0.2) is 18.5 Å². The highest BCUT2D eigenvalue weighted by atomic mass is 35.5. The number of nitrogens with one attached hydrogen (secondary N) is 1. The van der Waals surface area contributed by atoms with E-state index in [1.807, 2.05) is 0 Å². The van der Waals surface area contributed by atoms with Gasteiger partial charge in [0.2, 0.25) is 0 Å². The zero-order valence-electron chi connectivity index (χ0n) is 11.7. The average Bonchev–Trinajstić information content (AvgIpc) is 2.36. The Morgan fingerprint density at radius 2 is 1.88 bits per heavy atom. The van der Waals surface area contributed by atoms with E-state index in [1.54, 1.807) is 0 Å². The minimum atomic E-state index is 0.458. The zero-order chi connectivity index (χ0) is 12.5. The summed E-state index contributed by atoms with van der Waals surface area (Å²) in [6.07, 6.45) is 10.5. The molecule has 1 saturated carbocycles. The molecular formula is C15H30ClN. The van der Waals surface area contributed by atoms with Crippen molar-refractivity contribution < 1.29 is 0 Å². The second-order valence-electron chi connectivity index (χ2n) is 5.69. The molecule has 2 heteroatoms. The van der Waals surface area contributed by atoms with Gasteiger partial charge < -0.3 is 5.32 Å². The number of hydrogen-bond donors (Lipinski definition) is 1. The molecule has 0 amide bonds. The number of halogens is 1. The van der Waals surface area contributed by atoms with Gasteiger partial charge >= 0.3 is 0 Å². The highest BCUT2D eigenvalue weighted by Gasteiger charge is 2.19. The van der Waals surface area contributed by atoms with Crippen LogP contribution in [0.4, 0.5) is 0 Å². The van der Waals surface area contributed by atoms with E-state index in [9.17, 15) is 0 Å². The van der Waals surface area contributed by atoms with Crippen molar-refractivity contribution in [2.45, 2.75) is 70.6 Å².